The van der Waals surface area contributed by atoms with Gasteiger partial charge in [0.15, 0.2) is 5.82 Å². The molecule has 1 aromatic heterocycles. The van der Waals surface area contributed by atoms with E-state index >= 15 is 0 Å². The molecule has 0 saturated carbocycles. The molecule has 0 bridgehead atoms. The number of nitrogens with zero attached hydrogens (tertiary/aromatic N) is 2. The monoisotopic (exact) mass is 335 g/mol. The first kappa shape index (κ1) is 14.9. The molecule has 5 heteroatoms. The standard InChI is InChI=1S/C15H18BrN3O/c1-3-9-17-14-12(16)10-18-15(19-14)13(20-2)11-7-5-4-6-8-11/h4-8,10,13H,3,9H2,1-2H3,(H,17,18,19). The van der Waals surface area contributed by atoms with E-state index in [1.165, 1.54) is 0 Å². The highest BCUT2D eigenvalue weighted by molar-refractivity contribution is 9.10. The molecule has 0 amide bonds. The molecule has 2 rings (SSSR count). The van der Waals surface area contributed by atoms with Crippen LogP contribution in [0.2, 0.25) is 0 Å². The van der Waals surface area contributed by atoms with E-state index < -0.39 is 0 Å². The minimum Gasteiger partial charge on any atom is -0.369 e. The second kappa shape index (κ2) is 7.36. The Bertz CT molecular complexity index is 548. The minimum absolute atomic E-state index is 0.258. The van der Waals surface area contributed by atoms with Crippen molar-refractivity contribution in [2.45, 2.75) is 19.4 Å². The Morgan fingerprint density at radius 1 is 1.30 bits per heavy atom. The molecule has 1 aromatic carbocycles. The van der Waals surface area contributed by atoms with Crippen molar-refractivity contribution in [2.24, 2.45) is 0 Å². The van der Waals surface area contributed by atoms with Crippen LogP contribution in [0, 0.1) is 0 Å². The van der Waals surface area contributed by atoms with Crippen LogP contribution in [0.25, 0.3) is 0 Å². The van der Waals surface area contributed by atoms with E-state index in [-0.39, 0.29) is 6.10 Å². The largest absolute Gasteiger partial charge is 0.369 e. The van der Waals surface area contributed by atoms with Gasteiger partial charge < -0.3 is 10.1 Å². The van der Waals surface area contributed by atoms with Crippen LogP contribution in [-0.2, 0) is 4.74 Å². The summed E-state index contributed by atoms with van der Waals surface area (Å²) in [6.07, 6.45) is 2.54. The fourth-order valence-corrected chi connectivity index (χ4v) is 2.22. The van der Waals surface area contributed by atoms with E-state index in [1.54, 1.807) is 13.3 Å². The lowest BCUT2D eigenvalue weighted by Gasteiger charge is -2.16. The lowest BCUT2D eigenvalue weighted by molar-refractivity contribution is 0.129. The number of hydrogen-bond donors (Lipinski definition) is 1. The zero-order valence-electron chi connectivity index (χ0n) is 11.6. The summed E-state index contributed by atoms with van der Waals surface area (Å²) in [7, 11) is 1.67. The first-order valence-corrected chi connectivity index (χ1v) is 7.39. The maximum atomic E-state index is 5.55. The van der Waals surface area contributed by atoms with Crippen LogP contribution in [0.5, 0.6) is 0 Å². The summed E-state index contributed by atoms with van der Waals surface area (Å²) < 4.78 is 6.41. The lowest BCUT2D eigenvalue weighted by Crippen LogP contribution is -2.11. The van der Waals surface area contributed by atoms with Crippen LogP contribution in [0.3, 0.4) is 0 Å². The SMILES string of the molecule is CCCNc1nc(C(OC)c2ccccc2)ncc1Br. The van der Waals surface area contributed by atoms with Gasteiger partial charge in [0.2, 0.25) is 0 Å². The van der Waals surface area contributed by atoms with Crippen molar-refractivity contribution in [3.63, 3.8) is 0 Å². The van der Waals surface area contributed by atoms with Gasteiger partial charge in [0.1, 0.15) is 11.9 Å². The Balaban J connectivity index is 2.30. The van der Waals surface area contributed by atoms with E-state index in [4.69, 9.17) is 4.74 Å². The number of benzene rings is 1. The summed E-state index contributed by atoms with van der Waals surface area (Å²) in [6, 6.07) is 9.97. The number of aromatic nitrogens is 2. The molecule has 0 radical (unpaired) electrons. The summed E-state index contributed by atoms with van der Waals surface area (Å²) in [5.41, 5.74) is 1.04. The van der Waals surface area contributed by atoms with Gasteiger partial charge in [0, 0.05) is 19.9 Å². The Kier molecular flexibility index (Phi) is 5.49. The minimum atomic E-state index is -0.258. The Hall–Kier alpha value is -1.46. The molecule has 0 spiro atoms. The molecule has 1 unspecified atom stereocenters. The molecule has 20 heavy (non-hydrogen) atoms. The molecular formula is C15H18BrN3O. The topological polar surface area (TPSA) is 47.0 Å². The van der Waals surface area contributed by atoms with Crippen molar-refractivity contribution >= 4 is 21.7 Å². The average Bonchev–Trinajstić information content (AvgIpc) is 2.49. The third-order valence-electron chi connectivity index (χ3n) is 2.88. The van der Waals surface area contributed by atoms with Crippen molar-refractivity contribution in [3.8, 4) is 0 Å². The number of hydrogen-bond acceptors (Lipinski definition) is 4. The average molecular weight is 336 g/mol. The molecule has 106 valence electrons. The molecule has 0 aliphatic heterocycles. The Morgan fingerprint density at radius 3 is 2.70 bits per heavy atom. The number of rotatable bonds is 6. The van der Waals surface area contributed by atoms with Crippen LogP contribution in [0.4, 0.5) is 5.82 Å². The number of ether oxygens (including phenoxy) is 1. The fourth-order valence-electron chi connectivity index (χ4n) is 1.89. The summed E-state index contributed by atoms with van der Waals surface area (Å²) in [6.45, 7) is 2.99. The molecule has 2 aromatic rings. The highest BCUT2D eigenvalue weighted by Gasteiger charge is 2.17. The van der Waals surface area contributed by atoms with E-state index in [1.807, 2.05) is 30.3 Å². The zero-order valence-corrected chi connectivity index (χ0v) is 13.2. The molecule has 0 fully saturated rings. The Morgan fingerprint density at radius 2 is 2.05 bits per heavy atom. The van der Waals surface area contributed by atoms with Gasteiger partial charge in [0.05, 0.1) is 4.47 Å². The van der Waals surface area contributed by atoms with Gasteiger partial charge in [-0.15, -0.1) is 0 Å². The third-order valence-corrected chi connectivity index (χ3v) is 3.46. The fraction of sp³-hybridized carbons (Fsp3) is 0.333. The molecule has 0 saturated heterocycles. The zero-order chi connectivity index (χ0) is 14.4. The summed E-state index contributed by atoms with van der Waals surface area (Å²) in [5.74, 6) is 1.45. The van der Waals surface area contributed by atoms with Crippen LogP contribution in [0.15, 0.2) is 41.0 Å². The highest BCUT2D eigenvalue weighted by Crippen LogP contribution is 2.26. The predicted molar refractivity (Wildman–Crippen MR) is 83.8 cm³/mol. The van der Waals surface area contributed by atoms with Gasteiger partial charge in [-0.2, -0.15) is 0 Å². The van der Waals surface area contributed by atoms with Crippen molar-refractivity contribution in [1.82, 2.24) is 9.97 Å². The van der Waals surface area contributed by atoms with Crippen molar-refractivity contribution in [3.05, 3.63) is 52.4 Å². The quantitative estimate of drug-likeness (QED) is 0.872. The first-order chi connectivity index (χ1) is 9.76. The van der Waals surface area contributed by atoms with Gasteiger partial charge in [-0.3, -0.25) is 0 Å². The number of anilines is 1. The van der Waals surface area contributed by atoms with Crippen molar-refractivity contribution in [1.29, 1.82) is 0 Å². The van der Waals surface area contributed by atoms with E-state index in [0.717, 1.165) is 28.8 Å². The number of halogens is 1. The molecule has 0 aliphatic carbocycles. The van der Waals surface area contributed by atoms with Gasteiger partial charge in [-0.25, -0.2) is 9.97 Å². The van der Waals surface area contributed by atoms with Gasteiger partial charge >= 0.3 is 0 Å². The second-order valence-electron chi connectivity index (χ2n) is 4.38. The van der Waals surface area contributed by atoms with E-state index in [2.05, 4.69) is 38.1 Å². The maximum Gasteiger partial charge on any atom is 0.164 e. The van der Waals surface area contributed by atoms with Crippen molar-refractivity contribution in [2.75, 3.05) is 19.0 Å². The molecule has 1 heterocycles. The number of nitrogens with one attached hydrogen (secondary N) is 1. The summed E-state index contributed by atoms with van der Waals surface area (Å²) in [5, 5.41) is 3.28. The number of methoxy groups -OCH3 is 1. The third kappa shape index (κ3) is 3.55. The molecule has 1 N–H and O–H groups in total. The van der Waals surface area contributed by atoms with Crippen LogP contribution >= 0.6 is 15.9 Å². The summed E-state index contributed by atoms with van der Waals surface area (Å²) in [4.78, 5) is 8.93. The van der Waals surface area contributed by atoms with Gasteiger partial charge in [-0.05, 0) is 27.9 Å². The lowest BCUT2D eigenvalue weighted by atomic mass is 10.1. The first-order valence-electron chi connectivity index (χ1n) is 6.60. The van der Waals surface area contributed by atoms with Crippen LogP contribution in [-0.4, -0.2) is 23.6 Å². The molecule has 1 atom stereocenters. The highest BCUT2D eigenvalue weighted by atomic mass is 79.9. The Labute approximate surface area is 127 Å². The van der Waals surface area contributed by atoms with Crippen molar-refractivity contribution < 1.29 is 4.74 Å². The van der Waals surface area contributed by atoms with Crippen LogP contribution in [0.1, 0.15) is 30.8 Å². The van der Waals surface area contributed by atoms with Gasteiger partial charge in [-0.1, -0.05) is 37.3 Å². The van der Waals surface area contributed by atoms with E-state index in [0.29, 0.717) is 5.82 Å². The molecular weight excluding hydrogens is 318 g/mol. The smallest absolute Gasteiger partial charge is 0.164 e. The predicted octanol–water partition coefficient (Wildman–Crippen LogP) is 3.80. The maximum absolute atomic E-state index is 5.55. The van der Waals surface area contributed by atoms with Gasteiger partial charge in [0.25, 0.3) is 0 Å². The normalized spacial score (nSPS) is 12.2. The second-order valence-corrected chi connectivity index (χ2v) is 5.23. The van der Waals surface area contributed by atoms with Crippen LogP contribution < -0.4 is 5.32 Å². The summed E-state index contributed by atoms with van der Waals surface area (Å²) >= 11 is 3.46. The molecule has 4 nitrogen and oxygen atoms in total. The van der Waals surface area contributed by atoms with E-state index in [9.17, 15) is 0 Å². The molecule has 0 aliphatic rings.